The van der Waals surface area contributed by atoms with E-state index in [4.69, 9.17) is 9.76 Å². The largest absolute Gasteiger partial charge is 0.437 e. The molecule has 0 heterocycles. The minimum atomic E-state index is -0.149. The number of hydrogen-bond acceptors (Lipinski definition) is 3. The van der Waals surface area contributed by atoms with E-state index < -0.39 is 0 Å². The van der Waals surface area contributed by atoms with Gasteiger partial charge in [0.05, 0.1) is 0 Å². The van der Waals surface area contributed by atoms with Gasteiger partial charge in [-0.15, -0.1) is 0 Å². The van der Waals surface area contributed by atoms with Crippen LogP contribution in [0, 0.1) is 0 Å². The van der Waals surface area contributed by atoms with Gasteiger partial charge in [-0.1, -0.05) is 13.5 Å². The number of hydrogen-bond donors (Lipinski definition) is 2. The van der Waals surface area contributed by atoms with Gasteiger partial charge in [0.15, 0.2) is 0 Å². The van der Waals surface area contributed by atoms with Gasteiger partial charge < -0.3 is 15.1 Å². The minimum absolute atomic E-state index is 0.123. The molecule has 4 nitrogen and oxygen atoms in total. The van der Waals surface area contributed by atoms with Crippen LogP contribution in [0.25, 0.3) is 0 Å². The highest BCUT2D eigenvalue weighted by atomic mass is 16.4. The van der Waals surface area contributed by atoms with Crippen LogP contribution in [0.3, 0.4) is 0 Å². The van der Waals surface area contributed by atoms with E-state index in [-0.39, 0.29) is 18.3 Å². The predicted octanol–water partition coefficient (Wildman–Crippen LogP) is -0.153. The van der Waals surface area contributed by atoms with E-state index >= 15 is 0 Å². The van der Waals surface area contributed by atoms with Crippen LogP contribution in [0.15, 0.2) is 12.2 Å². The molecule has 0 aromatic carbocycles. The molecule has 0 aliphatic carbocycles. The second-order valence-corrected chi connectivity index (χ2v) is 3.40. The van der Waals surface area contributed by atoms with Crippen LogP contribution in [-0.4, -0.2) is 38.3 Å². The van der Waals surface area contributed by atoms with Gasteiger partial charge in [0.25, 0.3) is 7.48 Å². The molecule has 1 unspecified atom stereocenters. The summed E-state index contributed by atoms with van der Waals surface area (Å²) in [6, 6.07) is 0. The maximum absolute atomic E-state index is 11.0. The molecule has 0 aromatic rings. The number of rotatable bonds is 7. The first-order chi connectivity index (χ1) is 6.57. The molecule has 1 atom stereocenters. The molecule has 1 amide bonds. The Morgan fingerprint density at radius 2 is 2.36 bits per heavy atom. The molecule has 0 rings (SSSR count). The van der Waals surface area contributed by atoms with E-state index in [0.29, 0.717) is 26.2 Å². The molecule has 0 saturated heterocycles. The third kappa shape index (κ3) is 6.68. The fraction of sp³-hybridized carbons (Fsp3) is 0.667. The summed E-state index contributed by atoms with van der Waals surface area (Å²) in [5.41, 5.74) is 0.494. The van der Waals surface area contributed by atoms with Crippen molar-refractivity contribution in [1.29, 1.82) is 0 Å². The van der Waals surface area contributed by atoms with Gasteiger partial charge in [-0.05, 0) is 12.7 Å². The number of carbonyl (C=O) groups is 1. The van der Waals surface area contributed by atoms with Gasteiger partial charge in [0.1, 0.15) is 0 Å². The Hall–Kier alpha value is -0.805. The summed E-state index contributed by atoms with van der Waals surface area (Å²) in [6.07, 6.45) is 0. The Balaban J connectivity index is 3.30. The third-order valence-corrected chi connectivity index (χ3v) is 1.63. The molecule has 0 bridgehead atoms. The molecule has 2 N–H and O–H groups in total. The quantitative estimate of drug-likeness (QED) is 0.340. The van der Waals surface area contributed by atoms with E-state index in [2.05, 4.69) is 11.9 Å². The van der Waals surface area contributed by atoms with Crippen molar-refractivity contribution in [3.8, 4) is 0 Å². The summed E-state index contributed by atoms with van der Waals surface area (Å²) < 4.78 is 5.21. The van der Waals surface area contributed by atoms with Crippen molar-refractivity contribution in [1.82, 2.24) is 5.32 Å². The lowest BCUT2D eigenvalue weighted by Gasteiger charge is -2.08. The molecular formula is C9H18BNO3. The van der Waals surface area contributed by atoms with Gasteiger partial charge in [0.2, 0.25) is 5.91 Å². The molecule has 0 aromatic heterocycles. The normalized spacial score (nSPS) is 11.9. The maximum Gasteiger partial charge on any atom is 0.280 e. The van der Waals surface area contributed by atoms with E-state index in [0.717, 1.165) is 0 Å². The zero-order valence-corrected chi connectivity index (χ0v) is 8.88. The van der Waals surface area contributed by atoms with Crippen molar-refractivity contribution in [2.24, 2.45) is 0 Å². The van der Waals surface area contributed by atoms with Gasteiger partial charge in [-0.25, -0.2) is 0 Å². The Morgan fingerprint density at radius 3 is 2.86 bits per heavy atom. The fourth-order valence-corrected chi connectivity index (χ4v) is 0.725. The Labute approximate surface area is 85.6 Å². The average Bonchev–Trinajstić information content (AvgIpc) is 2.16. The van der Waals surface area contributed by atoms with Crippen LogP contribution in [0.5, 0.6) is 0 Å². The van der Waals surface area contributed by atoms with Crippen molar-refractivity contribution in [3.63, 3.8) is 0 Å². The third-order valence-electron chi connectivity index (χ3n) is 1.63. The van der Waals surface area contributed by atoms with Crippen molar-refractivity contribution in [2.45, 2.75) is 19.7 Å². The Kier molecular flexibility index (Phi) is 7.15. The SMILES string of the molecule is C=C(C)C(=O)NCCOBC(C)CO. The van der Waals surface area contributed by atoms with Gasteiger partial charge in [0, 0.05) is 25.3 Å². The van der Waals surface area contributed by atoms with Gasteiger partial charge in [-0.3, -0.25) is 4.79 Å². The summed E-state index contributed by atoms with van der Waals surface area (Å²) in [6.45, 7) is 8.12. The number of aliphatic hydroxyl groups is 1. The monoisotopic (exact) mass is 199 g/mol. The van der Waals surface area contributed by atoms with Crippen LogP contribution in [-0.2, 0) is 9.45 Å². The number of carbonyl (C=O) groups excluding carboxylic acids is 1. The summed E-state index contributed by atoms with van der Waals surface area (Å²) in [5.74, 6) is -0.00403. The Morgan fingerprint density at radius 1 is 1.71 bits per heavy atom. The predicted molar refractivity (Wildman–Crippen MR) is 57.4 cm³/mol. The smallest absolute Gasteiger partial charge is 0.280 e. The molecular weight excluding hydrogens is 181 g/mol. The molecule has 0 fully saturated rings. The van der Waals surface area contributed by atoms with E-state index in [9.17, 15) is 4.79 Å². The average molecular weight is 199 g/mol. The van der Waals surface area contributed by atoms with Crippen molar-refractivity contribution >= 4 is 13.4 Å². The maximum atomic E-state index is 11.0. The van der Waals surface area contributed by atoms with Crippen LogP contribution in [0.4, 0.5) is 0 Å². The summed E-state index contributed by atoms with van der Waals surface area (Å²) in [5, 5.41) is 11.3. The lowest BCUT2D eigenvalue weighted by atomic mass is 9.82. The standard InChI is InChI=1S/C9H18BNO3/c1-7(2)9(13)11-4-5-14-10-8(3)6-12/h8,10,12H,1,4-6H2,2-3H3,(H,11,13). The molecule has 0 saturated carbocycles. The highest BCUT2D eigenvalue weighted by Crippen LogP contribution is 1.97. The first-order valence-electron chi connectivity index (χ1n) is 4.70. The first kappa shape index (κ1) is 13.2. The molecule has 0 radical (unpaired) electrons. The zero-order valence-electron chi connectivity index (χ0n) is 8.88. The highest BCUT2D eigenvalue weighted by molar-refractivity contribution is 6.29. The highest BCUT2D eigenvalue weighted by Gasteiger charge is 2.03. The number of aliphatic hydroxyl groups excluding tert-OH is 1. The first-order valence-corrected chi connectivity index (χ1v) is 4.70. The van der Waals surface area contributed by atoms with Gasteiger partial charge >= 0.3 is 0 Å². The lowest BCUT2D eigenvalue weighted by molar-refractivity contribution is -0.117. The van der Waals surface area contributed by atoms with Crippen molar-refractivity contribution in [2.75, 3.05) is 19.8 Å². The van der Waals surface area contributed by atoms with Crippen molar-refractivity contribution in [3.05, 3.63) is 12.2 Å². The molecule has 14 heavy (non-hydrogen) atoms. The summed E-state index contributed by atoms with van der Waals surface area (Å²) in [7, 11) is 0.513. The second-order valence-electron chi connectivity index (χ2n) is 3.40. The van der Waals surface area contributed by atoms with Crippen molar-refractivity contribution < 1.29 is 14.6 Å². The van der Waals surface area contributed by atoms with E-state index in [1.807, 2.05) is 6.92 Å². The summed E-state index contributed by atoms with van der Waals surface area (Å²) in [4.78, 5) is 11.0. The zero-order chi connectivity index (χ0) is 11.0. The minimum Gasteiger partial charge on any atom is -0.437 e. The van der Waals surface area contributed by atoms with Crippen LogP contribution in [0.2, 0.25) is 5.82 Å². The topological polar surface area (TPSA) is 58.6 Å². The number of nitrogens with one attached hydrogen (secondary N) is 1. The Bertz CT molecular complexity index is 196. The molecule has 5 heteroatoms. The molecule has 0 aliphatic rings. The fourth-order valence-electron chi connectivity index (χ4n) is 0.725. The molecule has 0 aliphatic heterocycles. The number of amides is 1. The molecule has 0 spiro atoms. The van der Waals surface area contributed by atoms with Crippen LogP contribution in [0.1, 0.15) is 13.8 Å². The van der Waals surface area contributed by atoms with E-state index in [1.54, 1.807) is 6.92 Å². The second kappa shape index (κ2) is 7.59. The summed E-state index contributed by atoms with van der Waals surface area (Å²) >= 11 is 0. The van der Waals surface area contributed by atoms with Gasteiger partial charge in [-0.2, -0.15) is 0 Å². The molecule has 80 valence electrons. The lowest BCUT2D eigenvalue weighted by Crippen LogP contribution is -2.28. The van der Waals surface area contributed by atoms with Crippen LogP contribution < -0.4 is 5.32 Å². The van der Waals surface area contributed by atoms with Crippen LogP contribution >= 0.6 is 0 Å². The van der Waals surface area contributed by atoms with E-state index in [1.165, 1.54) is 0 Å².